The van der Waals surface area contributed by atoms with E-state index in [-0.39, 0.29) is 4.90 Å². The zero-order valence-electron chi connectivity index (χ0n) is 16.9. The molecule has 4 aromatic rings. The van der Waals surface area contributed by atoms with E-state index in [1.165, 1.54) is 22.3 Å². The van der Waals surface area contributed by atoms with Gasteiger partial charge < -0.3 is 9.42 Å². The van der Waals surface area contributed by atoms with Crippen molar-refractivity contribution < 1.29 is 12.9 Å². The summed E-state index contributed by atoms with van der Waals surface area (Å²) >= 11 is 1.55. The van der Waals surface area contributed by atoms with Crippen LogP contribution in [0.15, 0.2) is 58.1 Å². The first-order valence-electron chi connectivity index (χ1n) is 10.3. The molecule has 0 unspecified atom stereocenters. The van der Waals surface area contributed by atoms with Crippen LogP contribution in [0.2, 0.25) is 0 Å². The zero-order chi connectivity index (χ0) is 21.3. The average molecular weight is 458 g/mol. The van der Waals surface area contributed by atoms with Crippen molar-refractivity contribution in [3.8, 4) is 0 Å². The van der Waals surface area contributed by atoms with E-state index in [9.17, 15) is 8.42 Å². The maximum atomic E-state index is 12.5. The fourth-order valence-electron chi connectivity index (χ4n) is 3.89. The third-order valence-corrected chi connectivity index (χ3v) is 7.88. The smallest absolute Gasteiger partial charge is 0.240 e. The molecule has 0 saturated carbocycles. The standard InChI is InChI=1S/C21H23N5O3S2/c27-31(28,17-6-7-19-16(14-17)15-22-29-19)23-8-3-9-25-10-12-26(13-11-25)21-18-4-1-2-5-20(18)30-24-21/h1-2,4-7,14-15,23H,3,8-13H2. The molecule has 0 spiro atoms. The van der Waals surface area contributed by atoms with E-state index >= 15 is 0 Å². The van der Waals surface area contributed by atoms with E-state index in [2.05, 4.69) is 42.3 Å². The van der Waals surface area contributed by atoms with Gasteiger partial charge in [0.2, 0.25) is 10.0 Å². The first-order valence-corrected chi connectivity index (χ1v) is 12.5. The second-order valence-corrected chi connectivity index (χ2v) is 10.2. The quantitative estimate of drug-likeness (QED) is 0.427. The Hall–Kier alpha value is -2.53. The number of hydrogen-bond acceptors (Lipinski definition) is 8. The van der Waals surface area contributed by atoms with Crippen molar-refractivity contribution in [2.45, 2.75) is 11.3 Å². The van der Waals surface area contributed by atoms with Crippen molar-refractivity contribution in [2.75, 3.05) is 44.2 Å². The zero-order valence-corrected chi connectivity index (χ0v) is 18.5. The highest BCUT2D eigenvalue weighted by Crippen LogP contribution is 2.29. The summed E-state index contributed by atoms with van der Waals surface area (Å²) in [5.41, 5.74) is 0.573. The summed E-state index contributed by atoms with van der Waals surface area (Å²) < 4.78 is 38.7. The number of anilines is 1. The number of benzene rings is 2. The van der Waals surface area contributed by atoms with Gasteiger partial charge in [-0.2, -0.15) is 4.37 Å². The molecule has 8 nitrogen and oxygen atoms in total. The molecule has 5 rings (SSSR count). The van der Waals surface area contributed by atoms with Crippen molar-refractivity contribution in [1.29, 1.82) is 0 Å². The van der Waals surface area contributed by atoms with Gasteiger partial charge in [0.05, 0.1) is 15.8 Å². The molecule has 0 bridgehead atoms. The van der Waals surface area contributed by atoms with Gasteiger partial charge in [-0.3, -0.25) is 4.90 Å². The van der Waals surface area contributed by atoms with Crippen molar-refractivity contribution in [2.24, 2.45) is 0 Å². The maximum absolute atomic E-state index is 12.5. The van der Waals surface area contributed by atoms with Crippen LogP contribution in [0.4, 0.5) is 5.82 Å². The molecule has 3 heterocycles. The molecular weight excluding hydrogens is 434 g/mol. The molecule has 2 aromatic heterocycles. The fraction of sp³-hybridized carbons (Fsp3) is 0.333. The fourth-order valence-corrected chi connectivity index (χ4v) is 5.80. The number of fused-ring (bicyclic) bond motifs is 2. The molecule has 10 heteroatoms. The first-order chi connectivity index (χ1) is 15.1. The minimum Gasteiger partial charge on any atom is -0.356 e. The minimum atomic E-state index is -3.55. The number of hydrogen-bond donors (Lipinski definition) is 1. The highest BCUT2D eigenvalue weighted by molar-refractivity contribution is 7.89. The molecule has 1 fully saturated rings. The number of rotatable bonds is 7. The van der Waals surface area contributed by atoms with Crippen LogP contribution in [-0.4, -0.2) is 62.1 Å². The highest BCUT2D eigenvalue weighted by atomic mass is 32.2. The molecule has 0 amide bonds. The van der Waals surface area contributed by atoms with Crippen LogP contribution in [0.25, 0.3) is 21.1 Å². The van der Waals surface area contributed by atoms with Crippen LogP contribution < -0.4 is 9.62 Å². The lowest BCUT2D eigenvalue weighted by molar-refractivity contribution is 0.255. The van der Waals surface area contributed by atoms with E-state index < -0.39 is 10.0 Å². The molecule has 2 aromatic carbocycles. The highest BCUT2D eigenvalue weighted by Gasteiger charge is 2.21. The van der Waals surface area contributed by atoms with Gasteiger partial charge in [-0.1, -0.05) is 17.3 Å². The molecule has 1 saturated heterocycles. The Morgan fingerprint density at radius 3 is 2.81 bits per heavy atom. The van der Waals surface area contributed by atoms with Crippen molar-refractivity contribution in [1.82, 2.24) is 19.2 Å². The van der Waals surface area contributed by atoms with Crippen molar-refractivity contribution in [3.05, 3.63) is 48.7 Å². The van der Waals surface area contributed by atoms with Crippen LogP contribution in [-0.2, 0) is 10.0 Å². The Balaban J connectivity index is 1.10. The Morgan fingerprint density at radius 1 is 1.10 bits per heavy atom. The number of aromatic nitrogens is 2. The van der Waals surface area contributed by atoms with Gasteiger partial charge in [0, 0.05) is 43.5 Å². The van der Waals surface area contributed by atoms with E-state index in [1.807, 2.05) is 6.07 Å². The maximum Gasteiger partial charge on any atom is 0.240 e. The van der Waals surface area contributed by atoms with Crippen molar-refractivity contribution in [3.63, 3.8) is 0 Å². The lowest BCUT2D eigenvalue weighted by Crippen LogP contribution is -2.47. The van der Waals surface area contributed by atoms with Crippen LogP contribution in [0.1, 0.15) is 6.42 Å². The average Bonchev–Trinajstić information content (AvgIpc) is 3.44. The Bertz CT molecular complexity index is 1290. The molecule has 0 aliphatic carbocycles. The Morgan fingerprint density at radius 2 is 1.94 bits per heavy atom. The van der Waals surface area contributed by atoms with Crippen LogP contribution in [0, 0.1) is 0 Å². The predicted octanol–water partition coefficient (Wildman–Crippen LogP) is 2.93. The van der Waals surface area contributed by atoms with Gasteiger partial charge in [-0.25, -0.2) is 13.1 Å². The first kappa shape index (κ1) is 20.4. The molecular formula is C21H23N5O3S2. The molecule has 1 N–H and O–H groups in total. The minimum absolute atomic E-state index is 0.229. The third-order valence-electron chi connectivity index (χ3n) is 5.61. The molecule has 162 valence electrons. The van der Waals surface area contributed by atoms with E-state index in [4.69, 9.17) is 4.52 Å². The molecule has 1 aliphatic heterocycles. The lowest BCUT2D eigenvalue weighted by atomic mass is 10.2. The van der Waals surface area contributed by atoms with E-state index in [0.717, 1.165) is 45.0 Å². The topological polar surface area (TPSA) is 91.6 Å². The summed E-state index contributed by atoms with van der Waals surface area (Å²) in [5.74, 6) is 1.08. The van der Waals surface area contributed by atoms with E-state index in [0.29, 0.717) is 17.5 Å². The number of nitrogens with zero attached hydrogens (tertiary/aromatic N) is 4. The van der Waals surface area contributed by atoms with Crippen LogP contribution in [0.5, 0.6) is 0 Å². The summed E-state index contributed by atoms with van der Waals surface area (Å²) in [7, 11) is -3.55. The van der Waals surface area contributed by atoms with Gasteiger partial charge in [0.15, 0.2) is 5.58 Å². The largest absolute Gasteiger partial charge is 0.356 e. The van der Waals surface area contributed by atoms with Crippen LogP contribution in [0.3, 0.4) is 0 Å². The second kappa shape index (κ2) is 8.54. The van der Waals surface area contributed by atoms with Gasteiger partial charge >= 0.3 is 0 Å². The summed E-state index contributed by atoms with van der Waals surface area (Å²) in [6.45, 7) is 5.02. The number of sulfonamides is 1. The Labute approximate surface area is 184 Å². The SMILES string of the molecule is O=S(=O)(NCCCN1CCN(c2nsc3ccccc23)CC1)c1ccc2oncc2c1. The predicted molar refractivity (Wildman–Crippen MR) is 122 cm³/mol. The van der Waals surface area contributed by atoms with Crippen LogP contribution >= 0.6 is 11.5 Å². The van der Waals surface area contributed by atoms with Gasteiger partial charge in [0.1, 0.15) is 5.82 Å². The summed E-state index contributed by atoms with van der Waals surface area (Å²) in [6, 6.07) is 13.1. The summed E-state index contributed by atoms with van der Waals surface area (Å²) in [6.07, 6.45) is 2.27. The normalized spacial score (nSPS) is 15.8. The number of nitrogens with one attached hydrogen (secondary N) is 1. The Kier molecular flexibility index (Phi) is 5.61. The monoisotopic (exact) mass is 457 g/mol. The van der Waals surface area contributed by atoms with Gasteiger partial charge in [-0.05, 0) is 54.8 Å². The summed E-state index contributed by atoms with van der Waals surface area (Å²) in [4.78, 5) is 4.95. The lowest BCUT2D eigenvalue weighted by Gasteiger charge is -2.35. The number of piperazine rings is 1. The molecule has 0 radical (unpaired) electrons. The molecule has 0 atom stereocenters. The third kappa shape index (κ3) is 4.29. The van der Waals surface area contributed by atoms with Crippen molar-refractivity contribution >= 4 is 48.4 Å². The molecule has 1 aliphatic rings. The molecule has 31 heavy (non-hydrogen) atoms. The summed E-state index contributed by atoms with van der Waals surface area (Å²) in [5, 5.41) is 5.58. The van der Waals surface area contributed by atoms with E-state index in [1.54, 1.807) is 23.7 Å². The second-order valence-electron chi connectivity index (χ2n) is 7.61. The van der Waals surface area contributed by atoms with Gasteiger partial charge in [0.25, 0.3) is 0 Å². The van der Waals surface area contributed by atoms with Gasteiger partial charge in [-0.15, -0.1) is 0 Å².